The molecule has 1 fully saturated rings. The number of piperidine rings is 1. The monoisotopic (exact) mass is 441 g/mol. The Kier molecular flexibility index (Phi) is 7.23. The second kappa shape index (κ2) is 9.71. The van der Waals surface area contributed by atoms with Crippen LogP contribution in [0.25, 0.3) is 5.65 Å². The Balaban J connectivity index is 0.00000272. The van der Waals surface area contributed by atoms with E-state index in [1.165, 1.54) is 16.7 Å². The first-order valence-corrected chi connectivity index (χ1v) is 10.7. The van der Waals surface area contributed by atoms with Gasteiger partial charge in [0.25, 0.3) is 0 Å². The van der Waals surface area contributed by atoms with Crippen molar-refractivity contribution in [2.24, 2.45) is 5.92 Å². The van der Waals surface area contributed by atoms with Crippen molar-refractivity contribution in [1.29, 1.82) is 0 Å². The minimum absolute atomic E-state index is 0. The molecule has 3 heterocycles. The van der Waals surface area contributed by atoms with Gasteiger partial charge in [0.1, 0.15) is 0 Å². The highest BCUT2D eigenvalue weighted by Crippen LogP contribution is 2.26. The largest absolute Gasteiger partial charge is 0.378 e. The highest BCUT2D eigenvalue weighted by molar-refractivity contribution is 5.93. The molecule has 0 unspecified atom stereocenters. The van der Waals surface area contributed by atoms with E-state index in [2.05, 4.69) is 59.3 Å². The fourth-order valence-electron chi connectivity index (χ4n) is 4.20. The second-order valence-electron chi connectivity index (χ2n) is 8.38. The zero-order valence-corrected chi connectivity index (χ0v) is 19.5. The van der Waals surface area contributed by atoms with E-state index >= 15 is 0 Å². The normalized spacial score (nSPS) is 16.1. The average Bonchev–Trinajstić information content (AvgIpc) is 3.02. The van der Waals surface area contributed by atoms with Crippen LogP contribution in [0.5, 0.6) is 0 Å². The number of amides is 1. The van der Waals surface area contributed by atoms with Crippen LogP contribution in [0.2, 0.25) is 0 Å². The lowest BCUT2D eigenvalue weighted by Crippen LogP contribution is -2.37. The third-order valence-electron chi connectivity index (χ3n) is 6.23. The molecular weight excluding hydrogens is 410 g/mol. The number of aromatic nitrogens is 2. The van der Waals surface area contributed by atoms with Crippen molar-refractivity contribution in [2.75, 3.05) is 23.7 Å². The Morgan fingerprint density at radius 3 is 2.65 bits per heavy atom. The Morgan fingerprint density at radius 1 is 1.23 bits per heavy atom. The van der Waals surface area contributed by atoms with Crippen molar-refractivity contribution < 1.29 is 4.79 Å². The van der Waals surface area contributed by atoms with Gasteiger partial charge in [-0.15, -0.1) is 12.4 Å². The van der Waals surface area contributed by atoms with Gasteiger partial charge < -0.3 is 20.4 Å². The van der Waals surface area contributed by atoms with E-state index in [4.69, 9.17) is 4.98 Å². The number of carbonyl (C=O) groups excluding carboxylic acids is 1. The molecule has 0 aliphatic carbocycles. The summed E-state index contributed by atoms with van der Waals surface area (Å²) in [6, 6.07) is 8.36. The van der Waals surface area contributed by atoms with Gasteiger partial charge in [0, 0.05) is 25.0 Å². The zero-order valence-electron chi connectivity index (χ0n) is 18.7. The molecule has 1 amide bonds. The Morgan fingerprint density at radius 2 is 1.97 bits per heavy atom. The molecule has 0 spiro atoms. The number of hydrogen-bond donors (Lipinski definition) is 3. The van der Waals surface area contributed by atoms with Gasteiger partial charge in [0.05, 0.1) is 23.0 Å². The van der Waals surface area contributed by atoms with E-state index in [1.807, 2.05) is 19.2 Å². The predicted molar refractivity (Wildman–Crippen MR) is 129 cm³/mol. The number of nitrogens with one attached hydrogen (secondary N) is 3. The summed E-state index contributed by atoms with van der Waals surface area (Å²) < 4.78 is 2.07. The molecule has 1 atom stereocenters. The van der Waals surface area contributed by atoms with Crippen LogP contribution >= 0.6 is 12.4 Å². The first-order chi connectivity index (χ1) is 14.4. The van der Waals surface area contributed by atoms with Gasteiger partial charge in [-0.1, -0.05) is 18.2 Å². The minimum atomic E-state index is 0. The summed E-state index contributed by atoms with van der Waals surface area (Å²) in [4.78, 5) is 17.5. The third-order valence-corrected chi connectivity index (χ3v) is 6.23. The molecule has 4 rings (SSSR count). The molecule has 166 valence electrons. The van der Waals surface area contributed by atoms with Crippen molar-refractivity contribution >= 4 is 35.3 Å². The smallest absolute Gasteiger partial charge is 0.228 e. The van der Waals surface area contributed by atoms with Gasteiger partial charge in [-0.3, -0.25) is 4.79 Å². The van der Waals surface area contributed by atoms with Crippen LogP contribution in [0.4, 0.5) is 11.4 Å². The van der Waals surface area contributed by atoms with Crippen LogP contribution in [-0.4, -0.2) is 28.4 Å². The molecule has 31 heavy (non-hydrogen) atoms. The first-order valence-electron chi connectivity index (χ1n) is 10.7. The molecule has 2 aromatic heterocycles. The number of aryl methyl sites for hydroxylation is 4. The summed E-state index contributed by atoms with van der Waals surface area (Å²) >= 11 is 0. The molecule has 1 aromatic carbocycles. The number of fused-ring (bicyclic) bond motifs is 1. The number of rotatable bonds is 5. The van der Waals surface area contributed by atoms with Gasteiger partial charge >= 0.3 is 0 Å². The van der Waals surface area contributed by atoms with Gasteiger partial charge in [0.2, 0.25) is 5.91 Å². The molecule has 0 bridgehead atoms. The van der Waals surface area contributed by atoms with Crippen molar-refractivity contribution in [3.63, 3.8) is 0 Å². The number of pyridine rings is 1. The quantitative estimate of drug-likeness (QED) is 0.543. The predicted octanol–water partition coefficient (Wildman–Crippen LogP) is 4.54. The molecule has 7 heteroatoms. The second-order valence-corrected chi connectivity index (χ2v) is 8.38. The number of halogens is 1. The number of anilines is 2. The maximum Gasteiger partial charge on any atom is 0.228 e. The van der Waals surface area contributed by atoms with E-state index in [-0.39, 0.29) is 24.2 Å². The number of benzene rings is 1. The highest BCUT2D eigenvalue weighted by Gasteiger charge is 2.21. The van der Waals surface area contributed by atoms with Crippen molar-refractivity contribution in [2.45, 2.75) is 47.1 Å². The molecular formula is C24H32ClN5O. The SMILES string of the molecule is Cc1cccc(C)c1CNc1cc(NC(=O)[C@H]2CCCNC2)cn2c(C)c(C)nc12.Cl. The third kappa shape index (κ3) is 4.86. The molecule has 3 N–H and O–H groups in total. The van der Waals surface area contributed by atoms with Crippen molar-refractivity contribution in [3.05, 3.63) is 58.5 Å². The molecule has 0 saturated carbocycles. The molecule has 3 aromatic rings. The molecule has 1 aliphatic rings. The molecule has 1 aliphatic heterocycles. The van der Waals surface area contributed by atoms with Crippen LogP contribution in [0.15, 0.2) is 30.5 Å². The number of hydrogen-bond acceptors (Lipinski definition) is 4. The van der Waals surface area contributed by atoms with Crippen molar-refractivity contribution in [1.82, 2.24) is 14.7 Å². The van der Waals surface area contributed by atoms with Gasteiger partial charge in [-0.2, -0.15) is 0 Å². The highest BCUT2D eigenvalue weighted by atomic mass is 35.5. The van der Waals surface area contributed by atoms with Gasteiger partial charge in [-0.05, 0) is 69.8 Å². The fraction of sp³-hybridized carbons (Fsp3) is 0.417. The lowest BCUT2D eigenvalue weighted by molar-refractivity contribution is -0.120. The number of carbonyl (C=O) groups is 1. The molecule has 1 saturated heterocycles. The van der Waals surface area contributed by atoms with E-state index < -0.39 is 0 Å². The summed E-state index contributed by atoms with van der Waals surface area (Å²) in [5, 5.41) is 10.0. The number of nitrogens with zero attached hydrogens (tertiary/aromatic N) is 2. The maximum absolute atomic E-state index is 12.8. The van der Waals surface area contributed by atoms with E-state index in [0.29, 0.717) is 6.54 Å². The summed E-state index contributed by atoms with van der Waals surface area (Å²) in [5.41, 5.74) is 8.50. The summed E-state index contributed by atoms with van der Waals surface area (Å²) in [7, 11) is 0. The van der Waals surface area contributed by atoms with Gasteiger partial charge in [-0.25, -0.2) is 4.98 Å². The molecule has 6 nitrogen and oxygen atoms in total. The van der Waals surface area contributed by atoms with E-state index in [0.717, 1.165) is 54.3 Å². The summed E-state index contributed by atoms with van der Waals surface area (Å²) in [6.45, 7) is 10.8. The van der Waals surface area contributed by atoms with Crippen LogP contribution in [0, 0.1) is 33.6 Å². The Labute approximate surface area is 190 Å². The first kappa shape index (κ1) is 23.1. The van der Waals surface area contributed by atoms with Crippen LogP contribution in [-0.2, 0) is 11.3 Å². The lowest BCUT2D eigenvalue weighted by Gasteiger charge is -2.22. The van der Waals surface area contributed by atoms with Crippen molar-refractivity contribution in [3.8, 4) is 0 Å². The van der Waals surface area contributed by atoms with Crippen LogP contribution < -0.4 is 16.0 Å². The fourth-order valence-corrected chi connectivity index (χ4v) is 4.20. The Hall–Kier alpha value is -2.57. The van der Waals surface area contributed by atoms with E-state index in [1.54, 1.807) is 0 Å². The standard InChI is InChI=1S/C24H31N5O.ClH/c1-15-7-5-8-16(2)21(15)13-26-22-11-20(14-29-18(4)17(3)27-23(22)29)28-24(30)19-9-6-10-25-12-19;/h5,7-8,11,14,19,25-26H,6,9-10,12-13H2,1-4H3,(H,28,30);1H/t19-;/m0./s1. The van der Waals surface area contributed by atoms with Crippen LogP contribution in [0.1, 0.15) is 40.9 Å². The van der Waals surface area contributed by atoms with E-state index in [9.17, 15) is 4.79 Å². The topological polar surface area (TPSA) is 70.5 Å². The summed E-state index contributed by atoms with van der Waals surface area (Å²) in [6.07, 6.45) is 3.95. The Bertz CT molecular complexity index is 1070. The molecule has 0 radical (unpaired) electrons. The number of imidazole rings is 1. The van der Waals surface area contributed by atoms with Gasteiger partial charge in [0.15, 0.2) is 5.65 Å². The zero-order chi connectivity index (χ0) is 21.3. The maximum atomic E-state index is 12.8. The average molecular weight is 442 g/mol. The van der Waals surface area contributed by atoms with Crippen LogP contribution in [0.3, 0.4) is 0 Å². The minimum Gasteiger partial charge on any atom is -0.378 e. The lowest BCUT2D eigenvalue weighted by atomic mass is 9.99. The summed E-state index contributed by atoms with van der Waals surface area (Å²) in [5.74, 6) is 0.0998.